The molecule has 0 saturated carbocycles. The summed E-state index contributed by atoms with van der Waals surface area (Å²) in [5.74, 6) is 0. The van der Waals surface area contributed by atoms with Crippen molar-refractivity contribution in [3.63, 3.8) is 0 Å². The fourth-order valence-electron chi connectivity index (χ4n) is 12.5. The van der Waals surface area contributed by atoms with Gasteiger partial charge >= 0.3 is 419 Å². The predicted octanol–water partition coefficient (Wildman–Crippen LogP) is 12.5. The molecule has 0 aliphatic carbocycles. The third-order valence-corrected chi connectivity index (χ3v) is 18.5. The zero-order chi connectivity index (χ0) is 47.1. The Morgan fingerprint density at radius 3 is 1.32 bits per heavy atom. The molecular formula is C62H60B2N4Se. The van der Waals surface area contributed by atoms with Gasteiger partial charge in [0.25, 0.3) is 0 Å². The first-order chi connectivity index (χ1) is 33.5. The normalized spacial score (nSPS) is 14.6. The Morgan fingerprint density at radius 1 is 0.391 bits per heavy atom. The minimum absolute atomic E-state index is 0.00349. The zero-order valence-corrected chi connectivity index (χ0v) is 43.2. The Bertz CT molecular complexity index is 3380. The van der Waals surface area contributed by atoms with Crippen LogP contribution in [-0.2, 0) is 23.7 Å². The van der Waals surface area contributed by atoms with E-state index in [0.717, 1.165) is 12.8 Å². The van der Waals surface area contributed by atoms with Crippen molar-refractivity contribution in [2.24, 2.45) is 0 Å². The number of hydrogen-bond acceptors (Lipinski definition) is 4. The molecule has 0 N–H and O–H groups in total. The SMILES string of the molecule is CCCCc1[se]c(CCCC)c2c1N1c3cccc4c3B(c3cc(C(C)(C)C)ccc3N4c3ccccc3)c3ccc4c(c31)N2c1cccc2c1B4c1ccc(C(C)(C)C)cc1N2c1ccccc1. The standard InChI is InChI=1S/C62H60B2N4Se/c1-9-11-29-53-59-60(54(69-53)30-12-10-2)68-51-28-19-25-48-56(51)64(46-37-39(61(3,4)5)32-36-47(46)65(48)41-21-15-13-16-22-41)45-35-34-44-57(58(45)68)67(59)50-27-20-26-49-55(50)63(44)43-33-31-40(62(6,7)8)38-52(43)66(49)42-23-17-14-18-24-42/h13-28,31-38H,9-12,29-30H2,1-8H3. The maximum atomic E-state index is 2.83. The molecule has 13 rings (SSSR count). The van der Waals surface area contributed by atoms with E-state index in [0.29, 0.717) is 0 Å². The van der Waals surface area contributed by atoms with Crippen molar-refractivity contribution >= 4 is 129 Å². The van der Waals surface area contributed by atoms with Gasteiger partial charge in [-0.05, 0) is 0 Å². The average molecular weight is 962 g/mol. The predicted molar refractivity (Wildman–Crippen MR) is 300 cm³/mol. The second-order valence-corrected chi connectivity index (χ2v) is 24.6. The number of aryl methyl sites for hydroxylation is 2. The van der Waals surface area contributed by atoms with Crippen molar-refractivity contribution in [3.05, 3.63) is 166 Å². The second-order valence-electron chi connectivity index (χ2n) is 22.1. The molecular weight excluding hydrogens is 901 g/mol. The Morgan fingerprint density at radius 2 is 0.826 bits per heavy atom. The van der Waals surface area contributed by atoms with E-state index in [1.807, 2.05) is 0 Å². The second kappa shape index (κ2) is 15.7. The molecule has 0 fully saturated rings. The van der Waals surface area contributed by atoms with Gasteiger partial charge in [-0.15, -0.1) is 0 Å². The quantitative estimate of drug-likeness (QED) is 0.141. The number of unbranched alkanes of at least 4 members (excludes halogenated alkanes) is 2. The number of hydrogen-bond donors (Lipinski definition) is 0. The van der Waals surface area contributed by atoms with Gasteiger partial charge in [0.2, 0.25) is 0 Å². The summed E-state index contributed by atoms with van der Waals surface area (Å²) in [4.78, 5) is 10.8. The van der Waals surface area contributed by atoms with Gasteiger partial charge in [0.1, 0.15) is 0 Å². The summed E-state index contributed by atoms with van der Waals surface area (Å²) in [6.07, 6.45) is 7.03. The van der Waals surface area contributed by atoms with Gasteiger partial charge in [-0.2, -0.15) is 0 Å². The molecule has 4 nitrogen and oxygen atoms in total. The van der Waals surface area contributed by atoms with E-state index in [9.17, 15) is 0 Å². The summed E-state index contributed by atoms with van der Waals surface area (Å²) in [5, 5.41) is 0. The third kappa shape index (κ3) is 6.22. The molecule has 340 valence electrons. The average Bonchev–Trinajstić information content (AvgIpc) is 3.72. The van der Waals surface area contributed by atoms with Crippen LogP contribution in [0, 0.1) is 0 Å². The molecule has 8 aromatic rings. The number of anilines is 12. The van der Waals surface area contributed by atoms with Crippen LogP contribution in [0.2, 0.25) is 0 Å². The van der Waals surface area contributed by atoms with E-state index in [1.54, 1.807) is 8.87 Å². The molecule has 5 aliphatic heterocycles. The Balaban J connectivity index is 1.16. The summed E-state index contributed by atoms with van der Waals surface area (Å²) in [6.45, 7) is 19.0. The summed E-state index contributed by atoms with van der Waals surface area (Å²) in [6, 6.07) is 56.6. The molecule has 0 bridgehead atoms. The maximum absolute atomic E-state index is 2.83. The number of rotatable bonds is 8. The van der Waals surface area contributed by atoms with Crippen LogP contribution >= 0.6 is 0 Å². The number of nitrogens with zero attached hydrogens (tertiary/aromatic N) is 4. The molecule has 69 heavy (non-hydrogen) atoms. The van der Waals surface area contributed by atoms with E-state index < -0.39 is 0 Å². The molecule has 0 saturated heterocycles. The number of benzene rings is 7. The summed E-state index contributed by atoms with van der Waals surface area (Å²) in [7, 11) is 0. The van der Waals surface area contributed by atoms with Crippen LogP contribution in [0.25, 0.3) is 0 Å². The van der Waals surface area contributed by atoms with Crippen LogP contribution in [0.15, 0.2) is 146 Å². The fraction of sp³-hybridized carbons (Fsp3) is 0.258. The first-order valence-electron chi connectivity index (χ1n) is 25.6. The van der Waals surface area contributed by atoms with E-state index in [2.05, 4.69) is 221 Å². The van der Waals surface area contributed by atoms with Gasteiger partial charge in [-0.3, -0.25) is 0 Å². The Labute approximate surface area is 416 Å². The van der Waals surface area contributed by atoms with E-state index in [-0.39, 0.29) is 38.8 Å². The molecule has 0 radical (unpaired) electrons. The van der Waals surface area contributed by atoms with Gasteiger partial charge in [0, 0.05) is 0 Å². The van der Waals surface area contributed by atoms with Crippen molar-refractivity contribution in [3.8, 4) is 0 Å². The molecule has 0 amide bonds. The number of fused-ring (bicyclic) bond motifs is 11. The first kappa shape index (κ1) is 42.9. The molecule has 0 unspecified atom stereocenters. The molecule has 5 aliphatic rings. The molecule has 0 spiro atoms. The van der Waals surface area contributed by atoms with Crippen LogP contribution in [0.5, 0.6) is 0 Å². The van der Waals surface area contributed by atoms with E-state index >= 15 is 0 Å². The minimum atomic E-state index is -0.0101. The van der Waals surface area contributed by atoms with Gasteiger partial charge in [0.05, 0.1) is 0 Å². The van der Waals surface area contributed by atoms with Crippen molar-refractivity contribution in [2.75, 3.05) is 19.6 Å². The monoisotopic (exact) mass is 962 g/mol. The van der Waals surface area contributed by atoms with Crippen LogP contribution in [-0.4, -0.2) is 27.9 Å². The van der Waals surface area contributed by atoms with Crippen LogP contribution < -0.4 is 52.4 Å². The summed E-state index contributed by atoms with van der Waals surface area (Å²) >= 11 is 0.241. The zero-order valence-electron chi connectivity index (χ0n) is 41.5. The fourth-order valence-corrected chi connectivity index (χ4v) is 15.4. The Kier molecular flexibility index (Phi) is 9.76. The van der Waals surface area contributed by atoms with E-state index in [4.69, 9.17) is 0 Å². The van der Waals surface area contributed by atoms with Crippen LogP contribution in [0.3, 0.4) is 0 Å². The third-order valence-electron chi connectivity index (χ3n) is 15.8. The molecule has 1 aromatic heterocycles. The molecule has 6 heterocycles. The summed E-state index contributed by atoms with van der Waals surface area (Å²) in [5.41, 5.74) is 27.1. The van der Waals surface area contributed by atoms with Crippen molar-refractivity contribution in [1.29, 1.82) is 0 Å². The number of para-hydroxylation sites is 2. The molecule has 7 heteroatoms. The van der Waals surface area contributed by atoms with Gasteiger partial charge in [-0.25, -0.2) is 0 Å². The molecule has 7 aromatic carbocycles. The van der Waals surface area contributed by atoms with Crippen molar-refractivity contribution < 1.29 is 0 Å². The summed E-state index contributed by atoms with van der Waals surface area (Å²) < 4.78 is 3.32. The van der Waals surface area contributed by atoms with E-state index in [1.165, 1.54) is 138 Å². The van der Waals surface area contributed by atoms with Crippen molar-refractivity contribution in [1.82, 2.24) is 0 Å². The first-order valence-corrected chi connectivity index (χ1v) is 27.4. The van der Waals surface area contributed by atoms with Crippen molar-refractivity contribution in [2.45, 2.75) is 105 Å². The van der Waals surface area contributed by atoms with Crippen LogP contribution in [0.4, 0.5) is 68.2 Å². The van der Waals surface area contributed by atoms with Gasteiger partial charge in [0.15, 0.2) is 0 Å². The Hall–Kier alpha value is -6.13. The van der Waals surface area contributed by atoms with Gasteiger partial charge < -0.3 is 0 Å². The van der Waals surface area contributed by atoms with Gasteiger partial charge in [-0.1, -0.05) is 0 Å². The van der Waals surface area contributed by atoms with Crippen LogP contribution in [0.1, 0.15) is 101 Å². The molecule has 0 atom stereocenters. The topological polar surface area (TPSA) is 13.0 Å².